The van der Waals surface area contributed by atoms with Gasteiger partial charge in [0.25, 0.3) is 17.7 Å². The molecule has 300 valence electrons. The quantitative estimate of drug-likeness (QED) is 0.0349. The van der Waals surface area contributed by atoms with Gasteiger partial charge in [0.15, 0.2) is 6.04 Å². The topological polar surface area (TPSA) is 224 Å². The summed E-state index contributed by atoms with van der Waals surface area (Å²) in [5.41, 5.74) is 10.1. The van der Waals surface area contributed by atoms with Crippen LogP contribution in [0.4, 0.5) is 22.7 Å². The van der Waals surface area contributed by atoms with Crippen molar-refractivity contribution in [1.82, 2.24) is 16.3 Å². The molecular formula is C38H38Cl4N8O7. The SMILES string of the molecule is NNC(=O)c1ccc(Cl)cc1.[C-]#[N+]c1ccc(N[C@@H](C(=O)NNC(=O)c2ccc(Cl)cc2)[C@@H](C)O)c(C)c1Cl.[C-]#[N+]c1ccc(N[C@@H](C(=O)O)[C@@H](C)O)c(C)c1Cl. The number of hydrogen-bond acceptors (Lipinski definition) is 9. The molecule has 4 atom stereocenters. The summed E-state index contributed by atoms with van der Waals surface area (Å²) in [6, 6.07) is 16.6. The zero-order valence-corrected chi connectivity index (χ0v) is 33.7. The maximum absolute atomic E-state index is 12.4. The summed E-state index contributed by atoms with van der Waals surface area (Å²) in [6.45, 7) is 20.2. The zero-order valence-electron chi connectivity index (χ0n) is 30.7. The van der Waals surface area contributed by atoms with Gasteiger partial charge in [0, 0.05) is 32.5 Å². The number of hydrazine groups is 2. The molecule has 0 saturated heterocycles. The van der Waals surface area contributed by atoms with Crippen molar-refractivity contribution in [3.8, 4) is 0 Å². The second-order valence-corrected chi connectivity index (χ2v) is 13.5. The van der Waals surface area contributed by atoms with Crippen LogP contribution in [0.2, 0.25) is 20.1 Å². The van der Waals surface area contributed by atoms with Gasteiger partial charge in [0.2, 0.25) is 11.4 Å². The third kappa shape index (κ3) is 14.1. The number of halogens is 4. The normalized spacial score (nSPS) is 12.2. The Morgan fingerprint density at radius 1 is 0.632 bits per heavy atom. The number of carboxylic acid groups (broad SMARTS) is 1. The van der Waals surface area contributed by atoms with Gasteiger partial charge < -0.3 is 26.0 Å². The molecule has 0 aliphatic rings. The average molecular weight is 861 g/mol. The van der Waals surface area contributed by atoms with Gasteiger partial charge in [-0.25, -0.2) is 20.3 Å². The largest absolute Gasteiger partial charge is 0.480 e. The van der Waals surface area contributed by atoms with E-state index in [9.17, 15) is 29.4 Å². The Balaban J connectivity index is 0.000000329. The van der Waals surface area contributed by atoms with Crippen LogP contribution >= 0.6 is 46.4 Å². The number of carbonyl (C=O) groups excluding carboxylic acids is 3. The highest BCUT2D eigenvalue weighted by atomic mass is 35.5. The molecule has 0 radical (unpaired) electrons. The molecule has 3 amide bonds. The Morgan fingerprint density at radius 2 is 1.02 bits per heavy atom. The number of nitrogen functional groups attached to an aromatic ring is 1. The summed E-state index contributed by atoms with van der Waals surface area (Å²) in [5, 5.41) is 35.5. The number of benzene rings is 4. The Labute approximate surface area is 348 Å². The van der Waals surface area contributed by atoms with Crippen molar-refractivity contribution in [1.29, 1.82) is 0 Å². The summed E-state index contributed by atoms with van der Waals surface area (Å²) >= 11 is 23.5. The van der Waals surface area contributed by atoms with Crippen molar-refractivity contribution >= 4 is 92.8 Å². The molecule has 0 saturated carbocycles. The summed E-state index contributed by atoms with van der Waals surface area (Å²) in [6.07, 6.45) is -2.13. The van der Waals surface area contributed by atoms with E-state index < -0.39 is 42.1 Å². The number of carbonyl (C=O) groups is 4. The van der Waals surface area contributed by atoms with Crippen molar-refractivity contribution in [3.63, 3.8) is 0 Å². The van der Waals surface area contributed by atoms with E-state index in [-0.39, 0.29) is 21.6 Å². The van der Waals surface area contributed by atoms with Gasteiger partial charge in [-0.05, 0) is 99.5 Å². The summed E-state index contributed by atoms with van der Waals surface area (Å²) in [7, 11) is 0. The molecule has 0 fully saturated rings. The molecule has 0 aliphatic carbocycles. The second-order valence-electron chi connectivity index (χ2n) is 11.9. The fourth-order valence-electron chi connectivity index (χ4n) is 4.51. The monoisotopic (exact) mass is 858 g/mol. The number of hydrogen-bond donors (Lipinski definition) is 9. The van der Waals surface area contributed by atoms with Crippen molar-refractivity contribution in [3.05, 3.63) is 138 Å². The van der Waals surface area contributed by atoms with E-state index in [2.05, 4.69) is 31.2 Å². The standard InChI is InChI=1S/C19H18Cl2N4O3.C12H13ClN2O3.C7H7ClN2O/c1-10-14(8-9-15(22-3)16(10)21)23-17(11(2)26)19(28)25-24-18(27)12-4-6-13(20)7-5-12;1-6-8(4-5-9(14-3)10(6)13)15-11(7(2)16)12(17)18;8-6-3-1-5(2-4-6)7(11)10-9/h4-9,11,17,23,26H,1-2H3,(H,24,27)(H,25,28);4-5,7,11,15-16H,1-2H3,(H,17,18);1-4H,9H2,(H,10,11)/t11-,17-;7-,11-;/m11./s1. The predicted molar refractivity (Wildman–Crippen MR) is 221 cm³/mol. The van der Waals surface area contributed by atoms with Gasteiger partial charge in [-0.15, -0.1) is 0 Å². The van der Waals surface area contributed by atoms with E-state index in [4.69, 9.17) is 70.5 Å². The first-order valence-corrected chi connectivity index (χ1v) is 17.9. The molecule has 10 N–H and O–H groups in total. The fraction of sp³-hybridized carbons (Fsp3) is 0.211. The van der Waals surface area contributed by atoms with Gasteiger partial charge in [-0.1, -0.05) is 58.5 Å². The zero-order chi connectivity index (χ0) is 43.0. The first kappa shape index (κ1) is 47.5. The van der Waals surface area contributed by atoms with Crippen LogP contribution in [0, 0.1) is 27.0 Å². The van der Waals surface area contributed by atoms with Crippen LogP contribution in [0.5, 0.6) is 0 Å². The van der Waals surface area contributed by atoms with Gasteiger partial charge in [0.1, 0.15) is 6.04 Å². The number of nitrogens with two attached hydrogens (primary N) is 1. The lowest BCUT2D eigenvalue weighted by Gasteiger charge is -2.23. The van der Waals surface area contributed by atoms with E-state index in [0.717, 1.165) is 0 Å². The molecule has 0 heterocycles. The first-order chi connectivity index (χ1) is 26.9. The van der Waals surface area contributed by atoms with E-state index in [1.165, 1.54) is 38.1 Å². The molecule has 0 aliphatic heterocycles. The van der Waals surface area contributed by atoms with Crippen molar-refractivity contribution < 1.29 is 34.5 Å². The van der Waals surface area contributed by atoms with Crippen LogP contribution in [-0.2, 0) is 9.59 Å². The van der Waals surface area contributed by atoms with Crippen LogP contribution in [-0.4, -0.2) is 63.3 Å². The smallest absolute Gasteiger partial charge is 0.328 e. The van der Waals surface area contributed by atoms with E-state index in [0.29, 0.717) is 49.4 Å². The van der Waals surface area contributed by atoms with E-state index >= 15 is 0 Å². The molecule has 0 unspecified atom stereocenters. The maximum Gasteiger partial charge on any atom is 0.328 e. The molecule has 0 spiro atoms. The lowest BCUT2D eigenvalue weighted by atomic mass is 10.1. The Bertz CT molecular complexity index is 2140. The van der Waals surface area contributed by atoms with Crippen LogP contribution in [0.15, 0.2) is 72.8 Å². The van der Waals surface area contributed by atoms with E-state index in [1.54, 1.807) is 62.4 Å². The summed E-state index contributed by atoms with van der Waals surface area (Å²) in [4.78, 5) is 52.9. The minimum atomic E-state index is -1.16. The Morgan fingerprint density at radius 3 is 1.37 bits per heavy atom. The van der Waals surface area contributed by atoms with Gasteiger partial charge in [-0.2, -0.15) is 0 Å². The molecule has 0 aromatic heterocycles. The molecular weight excluding hydrogens is 822 g/mol. The second kappa shape index (κ2) is 22.8. The summed E-state index contributed by atoms with van der Waals surface area (Å²) < 4.78 is 0. The molecule has 4 aromatic rings. The maximum atomic E-state index is 12.4. The first-order valence-electron chi connectivity index (χ1n) is 16.4. The van der Waals surface area contributed by atoms with Crippen LogP contribution in [0.25, 0.3) is 9.69 Å². The van der Waals surface area contributed by atoms with Gasteiger partial charge in [0.05, 0.1) is 35.4 Å². The summed E-state index contributed by atoms with van der Waals surface area (Å²) in [5.74, 6) is 2.25. The predicted octanol–water partition coefficient (Wildman–Crippen LogP) is 6.86. The van der Waals surface area contributed by atoms with Gasteiger partial charge in [-0.3, -0.25) is 30.7 Å². The highest BCUT2D eigenvalue weighted by Crippen LogP contribution is 2.34. The number of anilines is 2. The fourth-order valence-corrected chi connectivity index (χ4v) is 5.18. The van der Waals surface area contributed by atoms with E-state index in [1.807, 2.05) is 5.43 Å². The molecule has 19 heteroatoms. The minimum absolute atomic E-state index is 0.265. The number of carboxylic acids is 1. The Hall–Kier alpha value is -5.62. The highest BCUT2D eigenvalue weighted by molar-refractivity contribution is 6.35. The average Bonchev–Trinajstić information content (AvgIpc) is 3.18. The number of aliphatic carboxylic acids is 1. The van der Waals surface area contributed by atoms with Crippen LogP contribution in [0.3, 0.4) is 0 Å². The third-order valence-electron chi connectivity index (χ3n) is 7.75. The van der Waals surface area contributed by atoms with Gasteiger partial charge >= 0.3 is 5.97 Å². The lowest BCUT2D eigenvalue weighted by molar-refractivity contribution is -0.140. The lowest BCUT2D eigenvalue weighted by Crippen LogP contribution is -2.52. The Kier molecular flexibility index (Phi) is 19.0. The highest BCUT2D eigenvalue weighted by Gasteiger charge is 2.26. The number of nitrogens with one attached hydrogen (secondary N) is 5. The molecule has 4 rings (SSSR count). The molecule has 0 bridgehead atoms. The number of nitrogens with zero attached hydrogens (tertiary/aromatic N) is 2. The number of amides is 3. The molecule has 15 nitrogen and oxygen atoms in total. The van der Waals surface area contributed by atoms with Crippen molar-refractivity contribution in [2.24, 2.45) is 5.84 Å². The number of aliphatic hydroxyl groups excluding tert-OH is 2. The van der Waals surface area contributed by atoms with Crippen molar-refractivity contribution in [2.75, 3.05) is 10.6 Å². The minimum Gasteiger partial charge on any atom is -0.480 e. The number of aliphatic hydroxyl groups is 2. The molecule has 57 heavy (non-hydrogen) atoms. The number of rotatable bonds is 10. The third-order valence-corrected chi connectivity index (χ3v) is 9.21. The van der Waals surface area contributed by atoms with Crippen LogP contribution < -0.4 is 32.8 Å². The molecule has 4 aromatic carbocycles. The van der Waals surface area contributed by atoms with Crippen molar-refractivity contribution in [2.45, 2.75) is 52.0 Å². The van der Waals surface area contributed by atoms with Crippen LogP contribution in [0.1, 0.15) is 45.7 Å².